The Bertz CT molecular complexity index is 598. The van der Waals surface area contributed by atoms with Crippen LogP contribution in [0.3, 0.4) is 0 Å². The molecule has 0 saturated heterocycles. The molecule has 1 aromatic carbocycles. The first-order valence-electron chi connectivity index (χ1n) is 4.89. The van der Waals surface area contributed by atoms with Gasteiger partial charge in [-0.05, 0) is 12.1 Å². The Labute approximate surface area is 107 Å². The van der Waals surface area contributed by atoms with Gasteiger partial charge in [0.1, 0.15) is 17.1 Å². The van der Waals surface area contributed by atoms with E-state index in [1.165, 1.54) is 30.5 Å². The number of hydrogen-bond acceptors (Lipinski definition) is 4. The molecule has 0 aliphatic carbocycles. The lowest BCUT2D eigenvalue weighted by atomic mass is 10.1. The molecule has 1 amide bonds. The molecule has 0 fully saturated rings. The summed E-state index contributed by atoms with van der Waals surface area (Å²) in [7, 11) is 0. The van der Waals surface area contributed by atoms with Crippen molar-refractivity contribution < 1.29 is 13.7 Å². The maximum atomic E-state index is 13.5. The van der Waals surface area contributed by atoms with Crippen molar-refractivity contribution in [3.63, 3.8) is 0 Å². The van der Waals surface area contributed by atoms with Crippen LogP contribution < -0.4 is 11.1 Å². The summed E-state index contributed by atoms with van der Waals surface area (Å²) in [5, 5.41) is 5.93. The van der Waals surface area contributed by atoms with E-state index in [1.807, 2.05) is 0 Å². The maximum absolute atomic E-state index is 13.5. The highest BCUT2D eigenvalue weighted by Gasteiger charge is 2.15. The van der Waals surface area contributed by atoms with Gasteiger partial charge < -0.3 is 15.6 Å². The van der Waals surface area contributed by atoms with Gasteiger partial charge in [-0.2, -0.15) is 0 Å². The topological polar surface area (TPSA) is 81.1 Å². The zero-order valence-corrected chi connectivity index (χ0v) is 9.83. The fourth-order valence-corrected chi connectivity index (χ4v) is 1.60. The Hall–Kier alpha value is -2.28. The SMILES string of the molecule is NC(=S)c1c(F)cccc1NC(=O)c1ccon1. The monoisotopic (exact) mass is 265 g/mol. The van der Waals surface area contributed by atoms with Gasteiger partial charge in [0.2, 0.25) is 0 Å². The van der Waals surface area contributed by atoms with Crippen molar-refractivity contribution in [1.29, 1.82) is 0 Å². The van der Waals surface area contributed by atoms with Crippen LogP contribution in [0, 0.1) is 5.82 Å². The zero-order valence-electron chi connectivity index (χ0n) is 9.01. The van der Waals surface area contributed by atoms with Gasteiger partial charge in [-0.3, -0.25) is 4.79 Å². The van der Waals surface area contributed by atoms with Gasteiger partial charge in [0, 0.05) is 6.07 Å². The number of aromatic nitrogens is 1. The van der Waals surface area contributed by atoms with Gasteiger partial charge in [-0.1, -0.05) is 23.4 Å². The lowest BCUT2D eigenvalue weighted by Gasteiger charge is -2.09. The summed E-state index contributed by atoms with van der Waals surface area (Å²) in [5.74, 6) is -1.13. The Morgan fingerprint density at radius 1 is 1.44 bits per heavy atom. The lowest BCUT2D eigenvalue weighted by molar-refractivity contribution is 0.101. The van der Waals surface area contributed by atoms with E-state index < -0.39 is 11.7 Å². The third-order valence-corrected chi connectivity index (χ3v) is 2.38. The minimum atomic E-state index is -0.597. The Morgan fingerprint density at radius 2 is 2.22 bits per heavy atom. The van der Waals surface area contributed by atoms with E-state index in [0.29, 0.717) is 0 Å². The number of nitrogens with two attached hydrogens (primary N) is 1. The number of hydrogen-bond donors (Lipinski definition) is 2. The molecule has 0 aliphatic heterocycles. The molecule has 0 atom stereocenters. The van der Waals surface area contributed by atoms with Crippen LogP contribution in [0.1, 0.15) is 16.1 Å². The van der Waals surface area contributed by atoms with Gasteiger partial charge in [-0.15, -0.1) is 0 Å². The van der Waals surface area contributed by atoms with E-state index in [0.717, 1.165) is 0 Å². The molecule has 7 heteroatoms. The highest BCUT2D eigenvalue weighted by atomic mass is 32.1. The second kappa shape index (κ2) is 4.92. The molecule has 5 nitrogen and oxygen atoms in total. The Kier molecular flexibility index (Phi) is 3.33. The molecule has 0 spiro atoms. The number of thiocarbonyl (C=S) groups is 1. The third-order valence-electron chi connectivity index (χ3n) is 2.18. The van der Waals surface area contributed by atoms with Crippen LogP contribution in [0.2, 0.25) is 0 Å². The molecule has 92 valence electrons. The summed E-state index contributed by atoms with van der Waals surface area (Å²) < 4.78 is 18.1. The van der Waals surface area contributed by atoms with E-state index in [1.54, 1.807) is 0 Å². The van der Waals surface area contributed by atoms with E-state index in [2.05, 4.69) is 15.0 Å². The number of nitrogens with one attached hydrogen (secondary N) is 1. The summed E-state index contributed by atoms with van der Waals surface area (Å²) in [4.78, 5) is 11.6. The van der Waals surface area contributed by atoms with Crippen molar-refractivity contribution in [2.75, 3.05) is 5.32 Å². The first kappa shape index (κ1) is 12.2. The normalized spacial score (nSPS) is 10.1. The smallest absolute Gasteiger partial charge is 0.277 e. The summed E-state index contributed by atoms with van der Waals surface area (Å²) in [6.45, 7) is 0. The van der Waals surface area contributed by atoms with Crippen LogP contribution in [-0.4, -0.2) is 16.1 Å². The molecular weight excluding hydrogens is 257 g/mol. The molecule has 0 unspecified atom stereocenters. The minimum absolute atomic E-state index is 0.00987. The molecular formula is C11H8FN3O2S. The number of anilines is 1. The Balaban J connectivity index is 2.32. The summed E-state index contributed by atoms with van der Waals surface area (Å²) in [6.07, 6.45) is 1.26. The first-order chi connectivity index (χ1) is 8.59. The van der Waals surface area contributed by atoms with Crippen molar-refractivity contribution in [1.82, 2.24) is 5.16 Å². The van der Waals surface area contributed by atoms with Crippen molar-refractivity contribution in [3.8, 4) is 0 Å². The number of carbonyl (C=O) groups excluding carboxylic acids is 1. The van der Waals surface area contributed by atoms with Gasteiger partial charge in [-0.25, -0.2) is 4.39 Å². The van der Waals surface area contributed by atoms with Crippen molar-refractivity contribution in [3.05, 3.63) is 47.6 Å². The lowest BCUT2D eigenvalue weighted by Crippen LogP contribution is -2.19. The number of benzene rings is 1. The van der Waals surface area contributed by atoms with Gasteiger partial charge >= 0.3 is 0 Å². The van der Waals surface area contributed by atoms with Crippen LogP contribution in [0.25, 0.3) is 0 Å². The van der Waals surface area contributed by atoms with Crippen LogP contribution >= 0.6 is 12.2 Å². The van der Waals surface area contributed by atoms with E-state index in [9.17, 15) is 9.18 Å². The van der Waals surface area contributed by atoms with Crippen molar-refractivity contribution in [2.24, 2.45) is 5.73 Å². The second-order valence-electron chi connectivity index (χ2n) is 3.37. The fourth-order valence-electron chi connectivity index (χ4n) is 1.39. The van der Waals surface area contributed by atoms with Crippen LogP contribution in [0.15, 0.2) is 35.1 Å². The predicted molar refractivity (Wildman–Crippen MR) is 66.7 cm³/mol. The van der Waals surface area contributed by atoms with Gasteiger partial charge in [0.25, 0.3) is 5.91 Å². The standard InChI is InChI=1S/C11H8FN3O2S/c12-6-2-1-3-7(9(6)10(13)18)14-11(16)8-4-5-17-15-8/h1-5H,(H2,13,18)(H,14,16). The molecule has 0 bridgehead atoms. The highest BCUT2D eigenvalue weighted by Crippen LogP contribution is 2.19. The molecule has 1 heterocycles. The number of halogens is 1. The molecule has 1 aromatic heterocycles. The highest BCUT2D eigenvalue weighted by molar-refractivity contribution is 7.80. The van der Waals surface area contributed by atoms with Crippen LogP contribution in [0.4, 0.5) is 10.1 Å². The molecule has 0 saturated carbocycles. The quantitative estimate of drug-likeness (QED) is 0.825. The Morgan fingerprint density at radius 3 is 2.83 bits per heavy atom. The fraction of sp³-hybridized carbons (Fsp3) is 0. The number of nitrogens with zero attached hydrogens (tertiary/aromatic N) is 1. The predicted octanol–water partition coefficient (Wildman–Crippen LogP) is 1.70. The summed E-state index contributed by atoms with van der Waals surface area (Å²) in [6, 6.07) is 5.53. The first-order valence-corrected chi connectivity index (χ1v) is 5.30. The largest absolute Gasteiger partial charge is 0.389 e. The van der Waals surface area contributed by atoms with Gasteiger partial charge in [0.15, 0.2) is 5.69 Å². The summed E-state index contributed by atoms with van der Waals surface area (Å²) in [5.41, 5.74) is 5.67. The molecule has 3 N–H and O–H groups in total. The summed E-state index contributed by atoms with van der Waals surface area (Å²) >= 11 is 4.74. The average molecular weight is 265 g/mol. The number of amides is 1. The maximum Gasteiger partial charge on any atom is 0.277 e. The minimum Gasteiger partial charge on any atom is -0.389 e. The number of rotatable bonds is 3. The average Bonchev–Trinajstić information content (AvgIpc) is 2.81. The van der Waals surface area contributed by atoms with E-state index in [4.69, 9.17) is 18.0 Å². The second-order valence-corrected chi connectivity index (χ2v) is 3.81. The molecule has 18 heavy (non-hydrogen) atoms. The molecule has 0 aliphatic rings. The zero-order chi connectivity index (χ0) is 13.1. The van der Waals surface area contributed by atoms with Crippen molar-refractivity contribution >= 4 is 28.8 Å². The van der Waals surface area contributed by atoms with Crippen LogP contribution in [-0.2, 0) is 0 Å². The molecule has 2 rings (SSSR count). The van der Waals surface area contributed by atoms with Crippen molar-refractivity contribution in [2.45, 2.75) is 0 Å². The molecule has 0 radical (unpaired) electrons. The van der Waals surface area contributed by atoms with Crippen LogP contribution in [0.5, 0.6) is 0 Å². The molecule has 2 aromatic rings. The number of carbonyl (C=O) groups is 1. The third kappa shape index (κ3) is 2.35. The van der Waals surface area contributed by atoms with E-state index in [-0.39, 0.29) is 21.9 Å². The van der Waals surface area contributed by atoms with E-state index >= 15 is 0 Å². The van der Waals surface area contributed by atoms with Gasteiger partial charge in [0.05, 0.1) is 11.3 Å².